The van der Waals surface area contributed by atoms with Gasteiger partial charge in [-0.3, -0.25) is 0 Å². The van der Waals surface area contributed by atoms with E-state index in [1.54, 1.807) is 0 Å². The molecule has 1 saturated carbocycles. The number of hydrogen-bond donors (Lipinski definition) is 0. The van der Waals surface area contributed by atoms with Crippen molar-refractivity contribution in [3.8, 4) is 11.8 Å². The summed E-state index contributed by atoms with van der Waals surface area (Å²) in [5, 5.41) is 10.2. The number of benzene rings is 1. The Bertz CT molecular complexity index is 695. The first-order chi connectivity index (χ1) is 10.2. The highest BCUT2D eigenvalue weighted by Gasteiger charge is 2.29. The molecule has 3 nitrogen and oxygen atoms in total. The highest BCUT2D eigenvalue weighted by molar-refractivity contribution is 7.12. The molecule has 1 heterocycles. The number of hydrogen-bond acceptors (Lipinski definition) is 4. The van der Waals surface area contributed by atoms with Crippen molar-refractivity contribution in [2.24, 2.45) is 0 Å². The lowest BCUT2D eigenvalue weighted by Gasteiger charge is -2.07. The van der Waals surface area contributed by atoms with E-state index >= 15 is 0 Å². The van der Waals surface area contributed by atoms with Gasteiger partial charge in [0, 0.05) is 12.3 Å². The number of rotatable bonds is 5. The second-order valence-corrected chi connectivity index (χ2v) is 6.64. The van der Waals surface area contributed by atoms with Crippen molar-refractivity contribution in [2.75, 3.05) is 6.61 Å². The SMILES string of the molecule is Cc1ccc(OCCc2nc(C3CC3)c(C#N)s2)cc1C. The quantitative estimate of drug-likeness (QED) is 0.833. The minimum atomic E-state index is 0.533. The Morgan fingerprint density at radius 3 is 2.81 bits per heavy atom. The molecule has 1 aliphatic rings. The number of aromatic nitrogens is 1. The maximum atomic E-state index is 9.16. The highest BCUT2D eigenvalue weighted by atomic mass is 32.1. The Kier molecular flexibility index (Phi) is 3.94. The van der Waals surface area contributed by atoms with Crippen LogP contribution in [0.4, 0.5) is 0 Å². The molecule has 0 amide bonds. The summed E-state index contributed by atoms with van der Waals surface area (Å²) in [6, 6.07) is 8.41. The summed E-state index contributed by atoms with van der Waals surface area (Å²) >= 11 is 1.52. The standard InChI is InChI=1S/C17H18N2OS/c1-11-3-6-14(9-12(11)2)20-8-7-16-19-17(13-4-5-13)15(10-18)21-16/h3,6,9,13H,4-5,7-8H2,1-2H3. The van der Waals surface area contributed by atoms with Gasteiger partial charge in [0.1, 0.15) is 16.7 Å². The van der Waals surface area contributed by atoms with E-state index in [2.05, 4.69) is 37.0 Å². The Morgan fingerprint density at radius 2 is 2.14 bits per heavy atom. The first-order valence-electron chi connectivity index (χ1n) is 7.27. The number of aryl methyl sites for hydroxylation is 2. The molecule has 0 unspecified atom stereocenters. The third kappa shape index (κ3) is 3.25. The van der Waals surface area contributed by atoms with Crippen molar-refractivity contribution >= 4 is 11.3 Å². The van der Waals surface area contributed by atoms with E-state index in [4.69, 9.17) is 10.00 Å². The molecule has 21 heavy (non-hydrogen) atoms. The molecule has 0 bridgehead atoms. The Morgan fingerprint density at radius 1 is 1.33 bits per heavy atom. The van der Waals surface area contributed by atoms with Crippen molar-refractivity contribution in [2.45, 2.75) is 39.0 Å². The van der Waals surface area contributed by atoms with Crippen molar-refractivity contribution < 1.29 is 4.74 Å². The van der Waals surface area contributed by atoms with Crippen LogP contribution in [0.1, 0.15) is 45.5 Å². The maximum Gasteiger partial charge on any atom is 0.128 e. The molecule has 0 N–H and O–H groups in total. The third-order valence-electron chi connectivity index (χ3n) is 3.83. The van der Waals surface area contributed by atoms with Crippen LogP contribution in [-0.4, -0.2) is 11.6 Å². The van der Waals surface area contributed by atoms with Crippen LogP contribution < -0.4 is 4.74 Å². The molecule has 2 aromatic rings. The summed E-state index contributed by atoms with van der Waals surface area (Å²) in [7, 11) is 0. The molecule has 108 valence electrons. The average Bonchev–Trinajstić information content (AvgIpc) is 3.24. The smallest absolute Gasteiger partial charge is 0.128 e. The van der Waals surface area contributed by atoms with E-state index < -0.39 is 0 Å². The largest absolute Gasteiger partial charge is 0.493 e. The summed E-state index contributed by atoms with van der Waals surface area (Å²) in [5.74, 6) is 1.43. The van der Waals surface area contributed by atoms with E-state index in [1.165, 1.54) is 35.3 Å². The summed E-state index contributed by atoms with van der Waals surface area (Å²) in [5.41, 5.74) is 3.53. The number of nitriles is 1. The molecule has 1 aliphatic carbocycles. The topological polar surface area (TPSA) is 45.9 Å². The van der Waals surface area contributed by atoms with E-state index in [9.17, 15) is 0 Å². The minimum absolute atomic E-state index is 0.533. The van der Waals surface area contributed by atoms with Gasteiger partial charge in [-0.15, -0.1) is 11.3 Å². The summed E-state index contributed by atoms with van der Waals surface area (Å²) in [6.07, 6.45) is 3.12. The highest BCUT2D eigenvalue weighted by Crippen LogP contribution is 2.42. The lowest BCUT2D eigenvalue weighted by molar-refractivity contribution is 0.321. The van der Waals surface area contributed by atoms with Crippen molar-refractivity contribution in [1.82, 2.24) is 4.98 Å². The molecule has 4 heteroatoms. The van der Waals surface area contributed by atoms with Gasteiger partial charge in [-0.25, -0.2) is 4.98 Å². The summed E-state index contributed by atoms with van der Waals surface area (Å²) < 4.78 is 5.79. The van der Waals surface area contributed by atoms with Crippen LogP contribution in [0.5, 0.6) is 5.75 Å². The zero-order valence-electron chi connectivity index (χ0n) is 12.3. The Balaban J connectivity index is 1.60. The molecule has 0 radical (unpaired) electrons. The molecule has 0 atom stereocenters. The first kappa shape index (κ1) is 14.1. The number of nitrogens with zero attached hydrogens (tertiary/aromatic N) is 2. The summed E-state index contributed by atoms with van der Waals surface area (Å²) in [4.78, 5) is 5.41. The lowest BCUT2D eigenvalue weighted by atomic mass is 10.1. The van der Waals surface area contributed by atoms with Crippen LogP contribution >= 0.6 is 11.3 Å². The second kappa shape index (κ2) is 5.87. The van der Waals surface area contributed by atoms with Gasteiger partial charge in [0.2, 0.25) is 0 Å². The van der Waals surface area contributed by atoms with Crippen LogP contribution in [0.2, 0.25) is 0 Å². The fourth-order valence-electron chi connectivity index (χ4n) is 2.26. The lowest BCUT2D eigenvalue weighted by Crippen LogP contribution is -2.01. The molecular formula is C17H18N2OS. The average molecular weight is 298 g/mol. The zero-order chi connectivity index (χ0) is 14.8. The van der Waals surface area contributed by atoms with Gasteiger partial charge in [-0.05, 0) is 49.9 Å². The molecular weight excluding hydrogens is 280 g/mol. The van der Waals surface area contributed by atoms with Crippen LogP contribution in [0.25, 0.3) is 0 Å². The van der Waals surface area contributed by atoms with Gasteiger partial charge in [0.05, 0.1) is 17.3 Å². The predicted octanol–water partition coefficient (Wildman–Crippen LogP) is 4.13. The van der Waals surface area contributed by atoms with E-state index in [1.807, 2.05) is 6.07 Å². The van der Waals surface area contributed by atoms with Crippen molar-refractivity contribution in [3.05, 3.63) is 44.9 Å². The molecule has 1 aromatic carbocycles. The second-order valence-electron chi connectivity index (χ2n) is 5.55. The zero-order valence-corrected chi connectivity index (χ0v) is 13.2. The Hall–Kier alpha value is -1.86. The Labute approximate surface area is 129 Å². The van der Waals surface area contributed by atoms with Crippen molar-refractivity contribution in [1.29, 1.82) is 5.26 Å². The monoisotopic (exact) mass is 298 g/mol. The van der Waals surface area contributed by atoms with E-state index in [0.29, 0.717) is 12.5 Å². The van der Waals surface area contributed by atoms with Crippen molar-refractivity contribution in [3.63, 3.8) is 0 Å². The third-order valence-corrected chi connectivity index (χ3v) is 4.86. The molecule has 0 aliphatic heterocycles. The molecule has 1 fully saturated rings. The van der Waals surface area contributed by atoms with Crippen LogP contribution in [0, 0.1) is 25.2 Å². The van der Waals surface area contributed by atoms with Crippen LogP contribution in [-0.2, 0) is 6.42 Å². The minimum Gasteiger partial charge on any atom is -0.493 e. The molecule has 1 aromatic heterocycles. The van der Waals surface area contributed by atoms with Gasteiger partial charge in [-0.1, -0.05) is 6.07 Å². The van der Waals surface area contributed by atoms with Gasteiger partial charge < -0.3 is 4.74 Å². The normalized spacial score (nSPS) is 14.0. The van der Waals surface area contributed by atoms with E-state index in [-0.39, 0.29) is 0 Å². The fraction of sp³-hybridized carbons (Fsp3) is 0.412. The molecule has 0 saturated heterocycles. The number of ether oxygens (including phenoxy) is 1. The van der Waals surface area contributed by atoms with Crippen LogP contribution in [0.15, 0.2) is 18.2 Å². The van der Waals surface area contributed by atoms with E-state index in [0.717, 1.165) is 27.7 Å². The number of thiazole rings is 1. The van der Waals surface area contributed by atoms with Gasteiger partial charge >= 0.3 is 0 Å². The maximum absolute atomic E-state index is 9.16. The first-order valence-corrected chi connectivity index (χ1v) is 8.09. The fourth-order valence-corrected chi connectivity index (χ4v) is 3.19. The summed E-state index contributed by atoms with van der Waals surface area (Å²) in [6.45, 7) is 4.78. The molecule has 3 rings (SSSR count). The molecule has 0 spiro atoms. The van der Waals surface area contributed by atoms with Crippen LogP contribution in [0.3, 0.4) is 0 Å². The predicted molar refractivity (Wildman–Crippen MR) is 83.9 cm³/mol. The van der Waals surface area contributed by atoms with Gasteiger partial charge in [0.15, 0.2) is 0 Å². The van der Waals surface area contributed by atoms with Gasteiger partial charge in [0.25, 0.3) is 0 Å². The van der Waals surface area contributed by atoms with Gasteiger partial charge in [-0.2, -0.15) is 5.26 Å².